The van der Waals surface area contributed by atoms with Crippen LogP contribution in [0.5, 0.6) is 0 Å². The summed E-state index contributed by atoms with van der Waals surface area (Å²) < 4.78 is 1.03. The average Bonchev–Trinajstić information content (AvgIpc) is 3.55. The molecule has 0 bridgehead atoms. The fourth-order valence-corrected chi connectivity index (χ4v) is 5.23. The first-order chi connectivity index (χ1) is 17.5. The number of aromatic amines is 1. The van der Waals surface area contributed by atoms with Crippen molar-refractivity contribution in [1.82, 2.24) is 35.6 Å². The van der Waals surface area contributed by atoms with E-state index in [2.05, 4.69) is 45.0 Å². The minimum atomic E-state index is -0.655. The lowest BCUT2D eigenvalue weighted by molar-refractivity contribution is 0.0705. The number of hydrogen-bond donors (Lipinski definition) is 3. The van der Waals surface area contributed by atoms with Crippen LogP contribution < -0.4 is 15.3 Å². The van der Waals surface area contributed by atoms with E-state index in [0.717, 1.165) is 50.5 Å². The van der Waals surface area contributed by atoms with Crippen LogP contribution in [0.4, 0.5) is 11.8 Å². The molecule has 4 aromatic heterocycles. The Balaban J connectivity index is 1.53. The first-order valence-corrected chi connectivity index (χ1v) is 12.3. The van der Waals surface area contributed by atoms with Crippen LogP contribution >= 0.6 is 11.3 Å². The maximum Gasteiger partial charge on any atom is 0.277 e. The average molecular weight is 504 g/mol. The number of anilines is 2. The SMILES string of the molecule is CCN(CC)c1nc(-c2cccc3[nH]ncc23)nc2cc(CN(C)c3ncc(C(=O)NO)cn3)sc12. The number of aromatic nitrogens is 6. The largest absolute Gasteiger partial charge is 0.356 e. The summed E-state index contributed by atoms with van der Waals surface area (Å²) in [5.41, 5.74) is 4.51. The van der Waals surface area contributed by atoms with E-state index >= 15 is 0 Å². The molecular weight excluding hydrogens is 478 g/mol. The molecule has 0 aliphatic rings. The van der Waals surface area contributed by atoms with Crippen molar-refractivity contribution in [2.24, 2.45) is 0 Å². The summed E-state index contributed by atoms with van der Waals surface area (Å²) in [4.78, 5) is 35.2. The lowest BCUT2D eigenvalue weighted by atomic mass is 10.1. The van der Waals surface area contributed by atoms with E-state index in [0.29, 0.717) is 18.3 Å². The summed E-state index contributed by atoms with van der Waals surface area (Å²) >= 11 is 1.65. The van der Waals surface area contributed by atoms with E-state index in [1.807, 2.05) is 30.1 Å². The van der Waals surface area contributed by atoms with Gasteiger partial charge in [-0.25, -0.2) is 25.4 Å². The number of H-pyrrole nitrogens is 1. The third-order valence-corrected chi connectivity index (χ3v) is 7.03. The molecule has 184 valence electrons. The van der Waals surface area contributed by atoms with Gasteiger partial charge in [-0.15, -0.1) is 11.3 Å². The zero-order valence-corrected chi connectivity index (χ0v) is 20.9. The van der Waals surface area contributed by atoms with E-state index in [1.165, 1.54) is 12.4 Å². The molecule has 0 radical (unpaired) electrons. The number of nitrogens with zero attached hydrogens (tertiary/aromatic N) is 7. The predicted molar refractivity (Wildman–Crippen MR) is 139 cm³/mol. The van der Waals surface area contributed by atoms with Crippen molar-refractivity contribution in [3.8, 4) is 11.4 Å². The topological polar surface area (TPSA) is 136 Å². The maximum absolute atomic E-state index is 11.5. The fourth-order valence-electron chi connectivity index (χ4n) is 4.07. The van der Waals surface area contributed by atoms with Crippen LogP contribution in [0.1, 0.15) is 29.1 Å². The second kappa shape index (κ2) is 9.84. The number of thiophene rings is 1. The summed E-state index contributed by atoms with van der Waals surface area (Å²) in [6, 6.07) is 8.06. The third-order valence-electron chi connectivity index (χ3n) is 5.93. The minimum absolute atomic E-state index is 0.177. The van der Waals surface area contributed by atoms with Gasteiger partial charge in [0.05, 0.1) is 34.0 Å². The summed E-state index contributed by atoms with van der Waals surface area (Å²) in [7, 11) is 1.88. The highest BCUT2D eigenvalue weighted by molar-refractivity contribution is 7.19. The summed E-state index contributed by atoms with van der Waals surface area (Å²) in [5.74, 6) is 1.38. The second-order valence-electron chi connectivity index (χ2n) is 8.18. The Morgan fingerprint density at radius 2 is 1.92 bits per heavy atom. The van der Waals surface area contributed by atoms with Gasteiger partial charge < -0.3 is 9.80 Å². The van der Waals surface area contributed by atoms with Crippen molar-refractivity contribution in [3.63, 3.8) is 0 Å². The number of carbonyl (C=O) groups excluding carboxylic acids is 1. The van der Waals surface area contributed by atoms with Crippen LogP contribution in [0, 0.1) is 0 Å². The summed E-state index contributed by atoms with van der Waals surface area (Å²) in [5, 5.41) is 17.0. The van der Waals surface area contributed by atoms with E-state index in [9.17, 15) is 4.79 Å². The Morgan fingerprint density at radius 3 is 2.64 bits per heavy atom. The standard InChI is InChI=1S/C24H25N9O2S/c1-4-33(5-2)22-20-19(28-21(29-22)16-7-6-8-18-17(16)12-27-30-18)9-15(36-20)13-32(3)24-25-10-14(11-26-24)23(34)31-35/h6-12,35H,4-5,13H2,1-3H3,(H,27,30)(H,31,34). The highest BCUT2D eigenvalue weighted by Gasteiger charge is 2.19. The summed E-state index contributed by atoms with van der Waals surface area (Å²) in [6.45, 7) is 6.44. The van der Waals surface area contributed by atoms with Gasteiger partial charge in [-0.1, -0.05) is 12.1 Å². The molecule has 1 aromatic carbocycles. The predicted octanol–water partition coefficient (Wildman–Crippen LogP) is 3.63. The molecule has 0 spiro atoms. The van der Waals surface area contributed by atoms with Gasteiger partial charge in [-0.3, -0.25) is 15.1 Å². The minimum Gasteiger partial charge on any atom is -0.356 e. The van der Waals surface area contributed by atoms with Crippen LogP contribution in [-0.4, -0.2) is 61.4 Å². The molecule has 5 aromatic rings. The molecule has 1 amide bonds. The van der Waals surface area contributed by atoms with Crippen LogP contribution in [0.3, 0.4) is 0 Å². The Bertz CT molecular complexity index is 1530. The third kappa shape index (κ3) is 4.32. The molecule has 5 rings (SSSR count). The van der Waals surface area contributed by atoms with Gasteiger partial charge >= 0.3 is 0 Å². The molecule has 0 saturated heterocycles. The number of rotatable bonds is 8. The van der Waals surface area contributed by atoms with Crippen molar-refractivity contribution < 1.29 is 10.0 Å². The summed E-state index contributed by atoms with van der Waals surface area (Å²) in [6.07, 6.45) is 4.56. The first kappa shape index (κ1) is 23.6. The van der Waals surface area contributed by atoms with Crippen molar-refractivity contribution in [3.05, 3.63) is 53.3 Å². The Hall–Kier alpha value is -4.16. The molecule has 12 heteroatoms. The number of benzene rings is 1. The van der Waals surface area contributed by atoms with Crippen LogP contribution in [0.2, 0.25) is 0 Å². The Kier molecular flexibility index (Phi) is 6.44. The van der Waals surface area contributed by atoms with Crippen LogP contribution in [-0.2, 0) is 6.54 Å². The smallest absolute Gasteiger partial charge is 0.277 e. The van der Waals surface area contributed by atoms with E-state index in [1.54, 1.807) is 23.0 Å². The molecule has 0 aliphatic heterocycles. The maximum atomic E-state index is 11.5. The number of hydroxylamine groups is 1. The van der Waals surface area contributed by atoms with Crippen LogP contribution in [0.25, 0.3) is 32.5 Å². The first-order valence-electron chi connectivity index (χ1n) is 11.5. The monoisotopic (exact) mass is 503 g/mol. The van der Waals surface area contributed by atoms with Gasteiger partial charge in [0, 0.05) is 48.4 Å². The highest BCUT2D eigenvalue weighted by atomic mass is 32.1. The second-order valence-corrected chi connectivity index (χ2v) is 9.31. The van der Waals surface area contributed by atoms with Gasteiger partial charge in [0.1, 0.15) is 0 Å². The van der Waals surface area contributed by atoms with Gasteiger partial charge in [0.15, 0.2) is 11.6 Å². The fraction of sp³-hybridized carbons (Fsp3) is 0.250. The molecule has 0 unspecified atom stereocenters. The Labute approximate surface area is 210 Å². The zero-order chi connectivity index (χ0) is 25.2. The number of amides is 1. The van der Waals surface area contributed by atoms with E-state index < -0.39 is 5.91 Å². The van der Waals surface area contributed by atoms with E-state index in [-0.39, 0.29) is 5.56 Å². The molecule has 36 heavy (non-hydrogen) atoms. The van der Waals surface area contributed by atoms with Gasteiger partial charge in [-0.05, 0) is 26.0 Å². The number of carbonyl (C=O) groups is 1. The molecule has 4 heterocycles. The number of hydrogen-bond acceptors (Lipinski definition) is 10. The lowest BCUT2D eigenvalue weighted by Gasteiger charge is -2.21. The molecule has 0 aliphatic carbocycles. The van der Waals surface area contributed by atoms with Crippen molar-refractivity contribution in [2.75, 3.05) is 29.9 Å². The normalized spacial score (nSPS) is 11.2. The van der Waals surface area contributed by atoms with E-state index in [4.69, 9.17) is 15.2 Å². The molecule has 0 fully saturated rings. The molecule has 0 atom stereocenters. The zero-order valence-electron chi connectivity index (χ0n) is 20.1. The Morgan fingerprint density at radius 1 is 1.14 bits per heavy atom. The number of nitrogens with one attached hydrogen (secondary N) is 2. The molecule has 3 N–H and O–H groups in total. The van der Waals surface area contributed by atoms with Crippen molar-refractivity contribution in [1.29, 1.82) is 0 Å². The number of fused-ring (bicyclic) bond motifs is 2. The highest BCUT2D eigenvalue weighted by Crippen LogP contribution is 2.36. The van der Waals surface area contributed by atoms with Gasteiger partial charge in [-0.2, -0.15) is 5.10 Å². The van der Waals surface area contributed by atoms with Gasteiger partial charge in [0.2, 0.25) is 5.95 Å². The van der Waals surface area contributed by atoms with Crippen molar-refractivity contribution >= 4 is 50.1 Å². The molecule has 11 nitrogen and oxygen atoms in total. The quantitative estimate of drug-likeness (QED) is 0.214. The molecule has 0 saturated carbocycles. The van der Waals surface area contributed by atoms with Gasteiger partial charge in [0.25, 0.3) is 5.91 Å². The molecular formula is C24H25N9O2S. The van der Waals surface area contributed by atoms with Crippen molar-refractivity contribution in [2.45, 2.75) is 20.4 Å². The van der Waals surface area contributed by atoms with Crippen LogP contribution in [0.15, 0.2) is 42.9 Å². The lowest BCUT2D eigenvalue weighted by Crippen LogP contribution is -2.23.